The average Bonchev–Trinajstić information content (AvgIpc) is 3.11. The van der Waals surface area contributed by atoms with Crippen molar-refractivity contribution in [3.8, 4) is 11.3 Å². The number of imidazole rings is 1. The van der Waals surface area contributed by atoms with Gasteiger partial charge in [-0.3, -0.25) is 19.3 Å². The maximum atomic E-state index is 10.8. The van der Waals surface area contributed by atoms with Gasteiger partial charge in [-0.15, -0.1) is 0 Å². The lowest BCUT2D eigenvalue weighted by Crippen LogP contribution is -1.99. The molecule has 0 aliphatic carbocycles. The van der Waals surface area contributed by atoms with Crippen LogP contribution in [0.2, 0.25) is 0 Å². The molecule has 8 heteroatoms. The molecular weight excluding hydrogens is 342 g/mol. The minimum atomic E-state index is -0.860. The highest BCUT2D eigenvalue weighted by Crippen LogP contribution is 2.30. The van der Waals surface area contributed by atoms with Crippen LogP contribution < -0.4 is 0 Å². The van der Waals surface area contributed by atoms with Crippen molar-refractivity contribution in [1.82, 2.24) is 9.38 Å². The van der Waals surface area contributed by atoms with Gasteiger partial charge in [0, 0.05) is 23.9 Å². The molecule has 0 fully saturated rings. The smallest absolute Gasteiger partial charge is 0.307 e. The van der Waals surface area contributed by atoms with Gasteiger partial charge in [0.25, 0.3) is 5.69 Å². The van der Waals surface area contributed by atoms with Crippen LogP contribution >= 0.6 is 11.3 Å². The molecule has 0 atom stereocenters. The lowest BCUT2D eigenvalue weighted by Gasteiger charge is -1.98. The molecule has 0 aliphatic heterocycles. The van der Waals surface area contributed by atoms with E-state index in [1.165, 1.54) is 23.5 Å². The molecule has 0 unspecified atom stereocenters. The van der Waals surface area contributed by atoms with Crippen molar-refractivity contribution in [2.45, 2.75) is 6.42 Å². The third-order valence-corrected chi connectivity index (χ3v) is 4.91. The molecule has 4 aromatic rings. The highest BCUT2D eigenvalue weighted by Gasteiger charge is 2.12. The second-order valence-corrected chi connectivity index (χ2v) is 6.57. The fraction of sp³-hybridized carbons (Fsp3) is 0.0588. The van der Waals surface area contributed by atoms with Crippen LogP contribution in [0.3, 0.4) is 0 Å². The highest BCUT2D eigenvalue weighted by atomic mass is 32.1. The minimum absolute atomic E-state index is 0.00972. The Bertz CT molecular complexity index is 1130. The topological polar surface area (TPSA) is 97.7 Å². The van der Waals surface area contributed by atoms with Gasteiger partial charge in [-0.2, -0.15) is 0 Å². The third-order valence-electron chi connectivity index (χ3n) is 3.89. The summed E-state index contributed by atoms with van der Waals surface area (Å²) in [6.07, 6.45) is 1.87. The third kappa shape index (κ3) is 2.72. The van der Waals surface area contributed by atoms with E-state index in [9.17, 15) is 14.9 Å². The van der Waals surface area contributed by atoms with E-state index in [0.717, 1.165) is 32.0 Å². The average molecular weight is 353 g/mol. The van der Waals surface area contributed by atoms with E-state index in [1.54, 1.807) is 18.2 Å². The van der Waals surface area contributed by atoms with E-state index >= 15 is 0 Å². The lowest BCUT2D eigenvalue weighted by atomic mass is 10.1. The first kappa shape index (κ1) is 15.3. The SMILES string of the molecule is O=C(O)Cc1ccc2c(c1)sc1nc(-c3ccc([N+](=O)[O-])cc3)cn12. The molecule has 0 saturated carbocycles. The largest absolute Gasteiger partial charge is 0.481 e. The quantitative estimate of drug-likeness (QED) is 0.445. The highest BCUT2D eigenvalue weighted by molar-refractivity contribution is 7.23. The number of rotatable bonds is 4. The van der Waals surface area contributed by atoms with Gasteiger partial charge in [0.1, 0.15) is 0 Å². The van der Waals surface area contributed by atoms with Crippen molar-refractivity contribution in [3.05, 3.63) is 64.3 Å². The summed E-state index contributed by atoms with van der Waals surface area (Å²) in [4.78, 5) is 26.5. The summed E-state index contributed by atoms with van der Waals surface area (Å²) >= 11 is 1.48. The molecule has 25 heavy (non-hydrogen) atoms. The lowest BCUT2D eigenvalue weighted by molar-refractivity contribution is -0.384. The van der Waals surface area contributed by atoms with Crippen LogP contribution in [0.1, 0.15) is 5.56 Å². The molecule has 124 valence electrons. The normalized spacial score (nSPS) is 11.2. The molecule has 1 N–H and O–H groups in total. The van der Waals surface area contributed by atoms with Gasteiger partial charge >= 0.3 is 5.97 Å². The van der Waals surface area contributed by atoms with Crippen molar-refractivity contribution in [1.29, 1.82) is 0 Å². The summed E-state index contributed by atoms with van der Waals surface area (Å²) in [5.74, 6) is -0.860. The Labute approximate surface area is 144 Å². The molecule has 0 radical (unpaired) electrons. The number of aromatic nitrogens is 2. The monoisotopic (exact) mass is 353 g/mol. The number of thiazole rings is 1. The minimum Gasteiger partial charge on any atom is -0.481 e. The fourth-order valence-electron chi connectivity index (χ4n) is 2.72. The molecule has 0 spiro atoms. The number of hydrogen-bond acceptors (Lipinski definition) is 5. The number of benzene rings is 2. The summed E-state index contributed by atoms with van der Waals surface area (Å²) in [5, 5.41) is 19.6. The van der Waals surface area contributed by atoms with Crippen LogP contribution in [0.5, 0.6) is 0 Å². The number of carboxylic acids is 1. The summed E-state index contributed by atoms with van der Waals surface area (Å²) in [7, 11) is 0. The van der Waals surface area contributed by atoms with E-state index in [-0.39, 0.29) is 12.1 Å². The molecule has 2 heterocycles. The first-order valence-electron chi connectivity index (χ1n) is 7.38. The second kappa shape index (κ2) is 5.67. The van der Waals surface area contributed by atoms with Gasteiger partial charge in [-0.05, 0) is 29.8 Å². The fourth-order valence-corrected chi connectivity index (χ4v) is 3.79. The van der Waals surface area contributed by atoms with Crippen molar-refractivity contribution in [2.75, 3.05) is 0 Å². The van der Waals surface area contributed by atoms with Crippen LogP contribution in [0.25, 0.3) is 26.4 Å². The Morgan fingerprint density at radius 2 is 2.00 bits per heavy atom. The van der Waals surface area contributed by atoms with Crippen molar-refractivity contribution >= 4 is 38.2 Å². The van der Waals surface area contributed by atoms with Gasteiger partial charge < -0.3 is 5.11 Å². The van der Waals surface area contributed by atoms with Crippen molar-refractivity contribution in [3.63, 3.8) is 0 Å². The number of fused-ring (bicyclic) bond motifs is 3. The second-order valence-electron chi connectivity index (χ2n) is 5.56. The summed E-state index contributed by atoms with van der Waals surface area (Å²) in [5.41, 5.74) is 3.28. The Morgan fingerprint density at radius 1 is 1.24 bits per heavy atom. The summed E-state index contributed by atoms with van der Waals surface area (Å²) in [6.45, 7) is 0. The Morgan fingerprint density at radius 3 is 2.68 bits per heavy atom. The number of carboxylic acid groups (broad SMARTS) is 1. The first-order valence-corrected chi connectivity index (χ1v) is 8.20. The Balaban J connectivity index is 1.75. The van der Waals surface area contributed by atoms with Gasteiger partial charge in [0.05, 0.1) is 27.3 Å². The molecule has 0 bridgehead atoms. The van der Waals surface area contributed by atoms with Gasteiger partial charge in [0.2, 0.25) is 0 Å². The molecule has 7 nitrogen and oxygen atoms in total. The zero-order valence-corrected chi connectivity index (χ0v) is 13.6. The molecule has 0 saturated heterocycles. The van der Waals surface area contributed by atoms with Gasteiger partial charge in [0.15, 0.2) is 4.96 Å². The zero-order chi connectivity index (χ0) is 17.6. The Kier molecular flexibility index (Phi) is 3.47. The molecule has 0 aliphatic rings. The van der Waals surface area contributed by atoms with E-state index in [2.05, 4.69) is 4.98 Å². The number of non-ortho nitro benzene ring substituents is 1. The molecule has 2 aromatic heterocycles. The van der Waals surface area contributed by atoms with Crippen LogP contribution in [-0.2, 0) is 11.2 Å². The van der Waals surface area contributed by atoms with E-state index in [0.29, 0.717) is 0 Å². The van der Waals surface area contributed by atoms with Gasteiger partial charge in [-0.25, -0.2) is 4.98 Å². The number of carbonyl (C=O) groups is 1. The molecular formula is C17H11N3O4S. The van der Waals surface area contributed by atoms with Crippen LogP contribution in [0.15, 0.2) is 48.7 Å². The van der Waals surface area contributed by atoms with Crippen molar-refractivity contribution < 1.29 is 14.8 Å². The maximum absolute atomic E-state index is 10.8. The Hall–Kier alpha value is -3.26. The van der Waals surface area contributed by atoms with Crippen LogP contribution in [0, 0.1) is 10.1 Å². The number of nitro benzene ring substituents is 1. The molecule has 0 amide bonds. The van der Waals surface area contributed by atoms with E-state index in [1.807, 2.05) is 22.7 Å². The summed E-state index contributed by atoms with van der Waals surface area (Å²) < 4.78 is 2.91. The first-order chi connectivity index (χ1) is 12.0. The van der Waals surface area contributed by atoms with E-state index < -0.39 is 10.9 Å². The molecule has 4 rings (SSSR count). The summed E-state index contributed by atoms with van der Waals surface area (Å²) in [6, 6.07) is 11.8. The standard InChI is InChI=1S/C17H11N3O4S/c21-16(22)8-10-1-6-14-15(7-10)25-17-18-13(9-19(14)17)11-2-4-12(5-3-11)20(23)24/h1-7,9H,8H2,(H,21,22). The van der Waals surface area contributed by atoms with Crippen LogP contribution in [-0.4, -0.2) is 25.4 Å². The number of nitro groups is 1. The zero-order valence-electron chi connectivity index (χ0n) is 12.7. The van der Waals surface area contributed by atoms with Crippen molar-refractivity contribution in [2.24, 2.45) is 0 Å². The predicted octanol–water partition coefficient (Wildman–Crippen LogP) is 3.75. The number of aliphatic carboxylic acids is 1. The molecule has 2 aromatic carbocycles. The van der Waals surface area contributed by atoms with E-state index in [4.69, 9.17) is 5.11 Å². The van der Waals surface area contributed by atoms with Crippen LogP contribution in [0.4, 0.5) is 5.69 Å². The number of nitrogens with zero attached hydrogens (tertiary/aromatic N) is 3. The number of hydrogen-bond donors (Lipinski definition) is 1. The predicted molar refractivity (Wildman–Crippen MR) is 94.0 cm³/mol. The van der Waals surface area contributed by atoms with Gasteiger partial charge in [-0.1, -0.05) is 17.4 Å². The maximum Gasteiger partial charge on any atom is 0.307 e.